The lowest BCUT2D eigenvalue weighted by molar-refractivity contribution is -0.385. The third kappa shape index (κ3) is 5.54. The molecule has 0 spiro atoms. The third-order valence-electron chi connectivity index (χ3n) is 3.61. The predicted octanol–water partition coefficient (Wildman–Crippen LogP) is 3.82. The summed E-state index contributed by atoms with van der Waals surface area (Å²) in [6.45, 7) is 3.60. The molecule has 10 heteroatoms. The van der Waals surface area contributed by atoms with E-state index >= 15 is 0 Å². The zero-order valence-electron chi connectivity index (χ0n) is 14.4. The van der Waals surface area contributed by atoms with Crippen LogP contribution in [0.2, 0.25) is 5.02 Å². The molecule has 0 aliphatic carbocycles. The van der Waals surface area contributed by atoms with Gasteiger partial charge in [-0.3, -0.25) is 14.9 Å². The van der Waals surface area contributed by atoms with E-state index in [4.69, 9.17) is 11.6 Å². The zero-order chi connectivity index (χ0) is 20.1. The summed E-state index contributed by atoms with van der Waals surface area (Å²) in [5.74, 6) is -0.997. The van der Waals surface area contributed by atoms with E-state index in [1.165, 1.54) is 6.07 Å². The summed E-state index contributed by atoms with van der Waals surface area (Å²) in [7, 11) is 0. The minimum absolute atomic E-state index is 0.0172. The summed E-state index contributed by atoms with van der Waals surface area (Å²) in [4.78, 5) is 22.3. The highest BCUT2D eigenvalue weighted by Crippen LogP contribution is 2.32. The molecule has 0 saturated heterocycles. The Balaban J connectivity index is 2.05. The molecule has 142 valence electrons. The molecule has 2 aromatic rings. The van der Waals surface area contributed by atoms with Crippen LogP contribution in [-0.2, 0) is 4.79 Å². The van der Waals surface area contributed by atoms with Crippen LogP contribution in [0.5, 0.6) is 5.75 Å². The van der Waals surface area contributed by atoms with Crippen LogP contribution < -0.4 is 10.7 Å². The molecular weight excluding hydrogens is 487 g/mol. The van der Waals surface area contributed by atoms with Crippen LogP contribution >= 0.6 is 34.2 Å². The second-order valence-electron chi connectivity index (χ2n) is 5.68. The highest BCUT2D eigenvalue weighted by atomic mass is 127. The number of aromatic hydroxyl groups is 1. The van der Waals surface area contributed by atoms with E-state index < -0.39 is 28.3 Å². The number of anilines is 1. The van der Waals surface area contributed by atoms with Crippen molar-refractivity contribution in [3.8, 4) is 5.75 Å². The Labute approximate surface area is 173 Å². The number of halogens is 2. The van der Waals surface area contributed by atoms with Gasteiger partial charge in [-0.15, -0.1) is 0 Å². The van der Waals surface area contributed by atoms with E-state index in [1.54, 1.807) is 6.92 Å². The maximum atomic E-state index is 12.2. The molecule has 8 nitrogen and oxygen atoms in total. The quantitative estimate of drug-likeness (QED) is 0.240. The van der Waals surface area contributed by atoms with Gasteiger partial charge < -0.3 is 10.4 Å². The SMILES string of the molecule is Cc1cc(I)ccc1N[C@H](C)C(=O)N/N=C\c1cc(Cl)cc([N+](=O)[O-])c1O. The number of nitrogens with zero attached hydrogens (tertiary/aromatic N) is 2. The first-order chi connectivity index (χ1) is 12.7. The van der Waals surface area contributed by atoms with Crippen molar-refractivity contribution in [1.29, 1.82) is 0 Å². The smallest absolute Gasteiger partial charge is 0.312 e. The molecule has 0 heterocycles. The van der Waals surface area contributed by atoms with E-state index in [0.717, 1.165) is 27.1 Å². The lowest BCUT2D eigenvalue weighted by Gasteiger charge is -2.15. The number of phenols is 1. The number of nitro groups is 1. The summed E-state index contributed by atoms with van der Waals surface area (Å²) in [5.41, 5.74) is 3.62. The number of nitro benzene ring substituents is 1. The van der Waals surface area contributed by atoms with E-state index in [0.29, 0.717) is 0 Å². The molecule has 1 atom stereocenters. The monoisotopic (exact) mass is 502 g/mol. The Bertz CT molecular complexity index is 920. The Morgan fingerprint density at radius 3 is 2.74 bits per heavy atom. The molecule has 1 amide bonds. The molecule has 27 heavy (non-hydrogen) atoms. The zero-order valence-corrected chi connectivity index (χ0v) is 17.3. The number of carbonyl (C=O) groups is 1. The van der Waals surface area contributed by atoms with Gasteiger partial charge in [-0.2, -0.15) is 5.10 Å². The average molecular weight is 503 g/mol. The van der Waals surface area contributed by atoms with Crippen LogP contribution in [0.3, 0.4) is 0 Å². The molecule has 0 aromatic heterocycles. The normalized spacial score (nSPS) is 12.0. The van der Waals surface area contributed by atoms with E-state index in [9.17, 15) is 20.0 Å². The molecular formula is C17H16ClIN4O4. The van der Waals surface area contributed by atoms with Gasteiger partial charge in [0, 0.05) is 25.9 Å². The summed E-state index contributed by atoms with van der Waals surface area (Å²) in [6.07, 6.45) is 1.09. The first-order valence-corrected chi connectivity index (χ1v) is 9.17. The second-order valence-corrected chi connectivity index (χ2v) is 7.36. The molecule has 2 rings (SSSR count). The van der Waals surface area contributed by atoms with Gasteiger partial charge in [0.15, 0.2) is 0 Å². The fraction of sp³-hybridized carbons (Fsp3) is 0.176. The molecule has 0 aliphatic heterocycles. The maximum absolute atomic E-state index is 12.2. The number of benzene rings is 2. The molecule has 0 saturated carbocycles. The number of phenolic OH excluding ortho intramolecular Hbond substituents is 1. The standard InChI is InChI=1S/C17H16ClIN4O4/c1-9-5-13(19)3-4-14(9)21-10(2)17(25)22-20-8-11-6-12(18)7-15(16(11)24)23(26)27/h3-8,10,21,24H,1-2H3,(H,22,25)/b20-8-/t10-/m1/s1. The van der Waals surface area contributed by atoms with Gasteiger partial charge in [-0.05, 0) is 66.3 Å². The van der Waals surface area contributed by atoms with E-state index in [2.05, 4.69) is 38.4 Å². The number of amides is 1. The predicted molar refractivity (Wildman–Crippen MR) is 112 cm³/mol. The van der Waals surface area contributed by atoms with Crippen LogP contribution in [0.25, 0.3) is 0 Å². The minimum atomic E-state index is -0.757. The van der Waals surface area contributed by atoms with Crippen LogP contribution in [0.1, 0.15) is 18.1 Å². The van der Waals surface area contributed by atoms with Crippen molar-refractivity contribution in [2.24, 2.45) is 5.10 Å². The number of hydrazone groups is 1. The van der Waals surface area contributed by atoms with Gasteiger partial charge in [0.05, 0.1) is 11.1 Å². The Hall–Kier alpha value is -2.40. The van der Waals surface area contributed by atoms with Gasteiger partial charge in [-0.1, -0.05) is 11.6 Å². The van der Waals surface area contributed by atoms with Crippen molar-refractivity contribution < 1.29 is 14.8 Å². The molecule has 0 fully saturated rings. The van der Waals surface area contributed by atoms with Crippen LogP contribution in [0, 0.1) is 20.6 Å². The van der Waals surface area contributed by atoms with Crippen LogP contribution in [0.4, 0.5) is 11.4 Å². The summed E-state index contributed by atoms with van der Waals surface area (Å²) in [5, 5.41) is 27.7. The number of nitrogens with one attached hydrogen (secondary N) is 2. The van der Waals surface area contributed by atoms with Crippen molar-refractivity contribution in [3.63, 3.8) is 0 Å². The Kier molecular flexibility index (Phi) is 6.97. The molecule has 2 aromatic carbocycles. The summed E-state index contributed by atoms with van der Waals surface area (Å²) >= 11 is 8.00. The van der Waals surface area contributed by atoms with Gasteiger partial charge in [0.1, 0.15) is 6.04 Å². The molecule has 0 unspecified atom stereocenters. The highest BCUT2D eigenvalue weighted by Gasteiger charge is 2.18. The van der Waals surface area contributed by atoms with Crippen LogP contribution in [-0.4, -0.2) is 28.2 Å². The molecule has 0 bridgehead atoms. The van der Waals surface area contributed by atoms with Gasteiger partial charge in [-0.25, -0.2) is 5.43 Å². The molecule has 3 N–H and O–H groups in total. The van der Waals surface area contributed by atoms with Crippen molar-refractivity contribution in [1.82, 2.24) is 5.43 Å². The number of rotatable bonds is 6. The summed E-state index contributed by atoms with van der Waals surface area (Å²) in [6, 6.07) is 7.54. The minimum Gasteiger partial charge on any atom is -0.502 e. The topological polar surface area (TPSA) is 117 Å². The van der Waals surface area contributed by atoms with Gasteiger partial charge >= 0.3 is 5.69 Å². The number of aryl methyl sites for hydroxylation is 1. The van der Waals surface area contributed by atoms with Crippen molar-refractivity contribution in [2.45, 2.75) is 19.9 Å². The molecule has 0 radical (unpaired) electrons. The van der Waals surface area contributed by atoms with E-state index in [1.807, 2.05) is 25.1 Å². The fourth-order valence-electron chi connectivity index (χ4n) is 2.19. The molecule has 0 aliphatic rings. The van der Waals surface area contributed by atoms with Crippen molar-refractivity contribution >= 4 is 57.7 Å². The number of carbonyl (C=O) groups excluding carboxylic acids is 1. The third-order valence-corrected chi connectivity index (χ3v) is 4.50. The van der Waals surface area contributed by atoms with Crippen molar-refractivity contribution in [2.75, 3.05) is 5.32 Å². The number of hydrogen-bond donors (Lipinski definition) is 3. The highest BCUT2D eigenvalue weighted by molar-refractivity contribution is 14.1. The Morgan fingerprint density at radius 1 is 1.41 bits per heavy atom. The lowest BCUT2D eigenvalue weighted by atomic mass is 10.2. The van der Waals surface area contributed by atoms with E-state index in [-0.39, 0.29) is 10.6 Å². The van der Waals surface area contributed by atoms with Crippen LogP contribution in [0.15, 0.2) is 35.4 Å². The second kappa shape index (κ2) is 9.00. The largest absolute Gasteiger partial charge is 0.502 e. The average Bonchev–Trinajstić information content (AvgIpc) is 2.59. The maximum Gasteiger partial charge on any atom is 0.312 e. The first kappa shape index (κ1) is 20.9. The Morgan fingerprint density at radius 2 is 2.11 bits per heavy atom. The fourth-order valence-corrected chi connectivity index (χ4v) is 3.06. The lowest BCUT2D eigenvalue weighted by Crippen LogP contribution is -2.35. The van der Waals surface area contributed by atoms with Gasteiger partial charge in [0.2, 0.25) is 5.75 Å². The van der Waals surface area contributed by atoms with Gasteiger partial charge in [0.25, 0.3) is 5.91 Å². The van der Waals surface area contributed by atoms with Crippen molar-refractivity contribution in [3.05, 3.63) is 60.2 Å². The first-order valence-electron chi connectivity index (χ1n) is 7.71. The number of hydrogen-bond acceptors (Lipinski definition) is 6. The summed E-state index contributed by atoms with van der Waals surface area (Å²) < 4.78 is 1.09.